The van der Waals surface area contributed by atoms with Gasteiger partial charge >= 0.3 is 0 Å². The van der Waals surface area contributed by atoms with Crippen molar-refractivity contribution in [2.24, 2.45) is 5.92 Å². The summed E-state index contributed by atoms with van der Waals surface area (Å²) in [5, 5.41) is 2.56. The van der Waals surface area contributed by atoms with Crippen LogP contribution in [0, 0.1) is 12.8 Å². The molecule has 1 aliphatic rings. The summed E-state index contributed by atoms with van der Waals surface area (Å²) in [5.41, 5.74) is 3.61. The van der Waals surface area contributed by atoms with Gasteiger partial charge in [-0.2, -0.15) is 0 Å². The van der Waals surface area contributed by atoms with Crippen molar-refractivity contribution in [2.45, 2.75) is 19.9 Å². The number of carbonyl (C=O) groups excluding carboxylic acids is 1. The van der Waals surface area contributed by atoms with E-state index in [1.54, 1.807) is 12.4 Å². The molecule has 2 heterocycles. The zero-order valence-electron chi connectivity index (χ0n) is 15.9. The lowest BCUT2D eigenvalue weighted by atomic mass is 10.0. The molecule has 1 unspecified atom stereocenters. The van der Waals surface area contributed by atoms with Crippen LogP contribution in [0.3, 0.4) is 0 Å². The van der Waals surface area contributed by atoms with Crippen molar-refractivity contribution in [1.82, 2.24) is 9.88 Å². The average Bonchev–Trinajstić information content (AvgIpc) is 3.18. The molecular weight excluding hydrogens is 334 g/mol. The number of aryl methyl sites for hydroxylation is 1. The number of hydrogen-bond acceptors (Lipinski definition) is 3. The molecule has 0 saturated carbocycles. The highest BCUT2D eigenvalue weighted by Crippen LogP contribution is 2.29. The van der Waals surface area contributed by atoms with Crippen LogP contribution in [0.4, 0.5) is 5.69 Å². The Bertz CT molecular complexity index is 954. The van der Waals surface area contributed by atoms with Gasteiger partial charge in [-0.1, -0.05) is 24.3 Å². The zero-order valence-corrected chi connectivity index (χ0v) is 15.9. The standard InChI is InChI=1S/C23H25N3O/c1-17-4-3-5-19-6-7-21(14-22(17)19)26-13-10-20(16-26)23(27)25(2)15-18-8-11-24-12-9-18/h3-9,11-12,14,20H,10,13,15-16H2,1-2H3. The second-order valence-electron chi connectivity index (χ2n) is 7.46. The number of anilines is 1. The second kappa shape index (κ2) is 7.39. The highest BCUT2D eigenvalue weighted by Gasteiger charge is 2.30. The molecule has 1 aliphatic heterocycles. The van der Waals surface area contributed by atoms with Crippen LogP contribution in [-0.2, 0) is 11.3 Å². The Hall–Kier alpha value is -2.88. The van der Waals surface area contributed by atoms with Gasteiger partial charge in [-0.3, -0.25) is 9.78 Å². The molecule has 2 aromatic carbocycles. The van der Waals surface area contributed by atoms with E-state index < -0.39 is 0 Å². The Morgan fingerprint density at radius 3 is 2.81 bits per heavy atom. The Morgan fingerprint density at radius 1 is 1.19 bits per heavy atom. The van der Waals surface area contributed by atoms with Gasteiger partial charge in [0.25, 0.3) is 0 Å². The number of rotatable bonds is 4. The summed E-state index contributed by atoms with van der Waals surface area (Å²) in [6.07, 6.45) is 4.45. The molecule has 1 atom stereocenters. The van der Waals surface area contributed by atoms with Crippen LogP contribution in [-0.4, -0.2) is 35.9 Å². The third kappa shape index (κ3) is 3.65. The summed E-state index contributed by atoms with van der Waals surface area (Å²) in [4.78, 5) is 21.1. The maximum absolute atomic E-state index is 12.9. The zero-order chi connectivity index (χ0) is 18.8. The molecule has 0 bridgehead atoms. The largest absolute Gasteiger partial charge is 0.371 e. The molecule has 0 spiro atoms. The minimum Gasteiger partial charge on any atom is -0.371 e. The molecule has 1 aromatic heterocycles. The third-order valence-corrected chi connectivity index (χ3v) is 5.53. The summed E-state index contributed by atoms with van der Waals surface area (Å²) < 4.78 is 0. The average molecular weight is 359 g/mol. The second-order valence-corrected chi connectivity index (χ2v) is 7.46. The summed E-state index contributed by atoms with van der Waals surface area (Å²) >= 11 is 0. The molecule has 4 nitrogen and oxygen atoms in total. The SMILES string of the molecule is Cc1cccc2ccc(N3CCC(C(=O)N(C)Cc4ccncc4)C3)cc12. The molecule has 3 aromatic rings. The number of pyridine rings is 1. The van der Waals surface area contributed by atoms with Crippen LogP contribution >= 0.6 is 0 Å². The van der Waals surface area contributed by atoms with Gasteiger partial charge in [-0.05, 0) is 59.5 Å². The van der Waals surface area contributed by atoms with E-state index in [-0.39, 0.29) is 11.8 Å². The normalized spacial score (nSPS) is 16.7. The van der Waals surface area contributed by atoms with E-state index in [0.29, 0.717) is 6.54 Å². The van der Waals surface area contributed by atoms with Crippen LogP contribution in [0.1, 0.15) is 17.5 Å². The van der Waals surface area contributed by atoms with E-state index in [0.717, 1.165) is 25.1 Å². The van der Waals surface area contributed by atoms with Crippen molar-refractivity contribution in [3.05, 3.63) is 72.1 Å². The molecule has 0 N–H and O–H groups in total. The highest BCUT2D eigenvalue weighted by atomic mass is 16.2. The van der Waals surface area contributed by atoms with Gasteiger partial charge in [0.05, 0.1) is 5.92 Å². The van der Waals surface area contributed by atoms with Gasteiger partial charge in [-0.25, -0.2) is 0 Å². The van der Waals surface area contributed by atoms with Crippen LogP contribution in [0.25, 0.3) is 10.8 Å². The first-order chi connectivity index (χ1) is 13.1. The number of amides is 1. The molecule has 1 fully saturated rings. The molecule has 0 radical (unpaired) electrons. The lowest BCUT2D eigenvalue weighted by Gasteiger charge is -2.23. The maximum Gasteiger partial charge on any atom is 0.227 e. The van der Waals surface area contributed by atoms with Crippen molar-refractivity contribution >= 4 is 22.4 Å². The van der Waals surface area contributed by atoms with Crippen LogP contribution < -0.4 is 4.90 Å². The van der Waals surface area contributed by atoms with Gasteiger partial charge < -0.3 is 9.80 Å². The molecule has 4 heteroatoms. The molecule has 138 valence electrons. The highest BCUT2D eigenvalue weighted by molar-refractivity contribution is 5.89. The number of benzene rings is 2. The van der Waals surface area contributed by atoms with Crippen molar-refractivity contribution in [3.63, 3.8) is 0 Å². The Labute approximate surface area is 160 Å². The quantitative estimate of drug-likeness (QED) is 0.706. The molecule has 27 heavy (non-hydrogen) atoms. The van der Waals surface area contributed by atoms with Crippen molar-refractivity contribution in [3.8, 4) is 0 Å². The van der Waals surface area contributed by atoms with E-state index in [1.807, 2.05) is 24.1 Å². The summed E-state index contributed by atoms with van der Waals surface area (Å²) in [6, 6.07) is 16.9. The summed E-state index contributed by atoms with van der Waals surface area (Å²) in [6.45, 7) is 4.50. The van der Waals surface area contributed by atoms with Crippen molar-refractivity contribution in [2.75, 3.05) is 25.0 Å². The monoisotopic (exact) mass is 359 g/mol. The van der Waals surface area contributed by atoms with Crippen LogP contribution in [0.15, 0.2) is 60.9 Å². The van der Waals surface area contributed by atoms with Crippen LogP contribution in [0.2, 0.25) is 0 Å². The molecular formula is C23H25N3O. The van der Waals surface area contributed by atoms with Gasteiger partial charge in [0.2, 0.25) is 5.91 Å². The number of nitrogens with zero attached hydrogens (tertiary/aromatic N) is 3. The number of hydrogen-bond donors (Lipinski definition) is 0. The maximum atomic E-state index is 12.9. The molecule has 1 amide bonds. The van der Waals surface area contributed by atoms with Gasteiger partial charge in [0.15, 0.2) is 0 Å². The number of fused-ring (bicyclic) bond motifs is 1. The van der Waals surface area contributed by atoms with Crippen molar-refractivity contribution in [1.29, 1.82) is 0 Å². The van der Waals surface area contributed by atoms with E-state index in [4.69, 9.17) is 0 Å². The fraction of sp³-hybridized carbons (Fsp3) is 0.304. The minimum atomic E-state index is 0.0596. The molecule has 1 saturated heterocycles. The van der Waals surface area contributed by atoms with Crippen molar-refractivity contribution < 1.29 is 4.79 Å². The fourth-order valence-corrected chi connectivity index (χ4v) is 3.96. The first-order valence-electron chi connectivity index (χ1n) is 9.50. The van der Waals surface area contributed by atoms with Crippen LogP contribution in [0.5, 0.6) is 0 Å². The van der Waals surface area contributed by atoms with E-state index in [1.165, 1.54) is 22.0 Å². The summed E-state index contributed by atoms with van der Waals surface area (Å²) in [5.74, 6) is 0.288. The van der Waals surface area contributed by atoms with E-state index in [2.05, 4.69) is 53.2 Å². The first kappa shape index (κ1) is 17.5. The Morgan fingerprint density at radius 2 is 2.00 bits per heavy atom. The lowest BCUT2D eigenvalue weighted by molar-refractivity contribution is -0.134. The first-order valence-corrected chi connectivity index (χ1v) is 9.50. The predicted octanol–water partition coefficient (Wildman–Crippen LogP) is 4.03. The van der Waals surface area contributed by atoms with E-state index >= 15 is 0 Å². The molecule has 4 rings (SSSR count). The lowest BCUT2D eigenvalue weighted by Crippen LogP contribution is -2.34. The predicted molar refractivity (Wildman–Crippen MR) is 110 cm³/mol. The smallest absolute Gasteiger partial charge is 0.227 e. The molecule has 0 aliphatic carbocycles. The van der Waals surface area contributed by atoms with Gasteiger partial charge in [0.1, 0.15) is 0 Å². The third-order valence-electron chi connectivity index (χ3n) is 5.53. The minimum absolute atomic E-state index is 0.0596. The summed E-state index contributed by atoms with van der Waals surface area (Å²) in [7, 11) is 1.89. The fourth-order valence-electron chi connectivity index (χ4n) is 3.96. The topological polar surface area (TPSA) is 36.4 Å². The van der Waals surface area contributed by atoms with Gasteiger partial charge in [-0.15, -0.1) is 0 Å². The van der Waals surface area contributed by atoms with E-state index in [9.17, 15) is 4.79 Å². The number of aromatic nitrogens is 1. The van der Waals surface area contributed by atoms with Gasteiger partial charge in [0, 0.05) is 44.8 Å². The Balaban J connectivity index is 1.45. The number of carbonyl (C=O) groups is 1. The Kier molecular flexibility index (Phi) is 4.80.